The first-order valence-corrected chi connectivity index (χ1v) is 10.3. The standard InChI is InChI=1S/C21H22N2O5S/c1-3-27-16-7-5-15(6-8-16)22-20(25)13(2)28-21(26)14-4-9-18-17(12-14)23-19(24)10-11-29-18/h4-9,12-13H,3,10-11H2,1-2H3,(H,22,25)(H,23,24)/t13-/m0/s1. The summed E-state index contributed by atoms with van der Waals surface area (Å²) in [6.45, 7) is 3.95. The lowest BCUT2D eigenvalue weighted by molar-refractivity contribution is -0.123. The maximum Gasteiger partial charge on any atom is 0.338 e. The lowest BCUT2D eigenvalue weighted by atomic mass is 10.2. The average molecular weight is 414 g/mol. The van der Waals surface area contributed by atoms with Gasteiger partial charge < -0.3 is 20.1 Å². The molecule has 29 heavy (non-hydrogen) atoms. The van der Waals surface area contributed by atoms with Crippen molar-refractivity contribution in [2.24, 2.45) is 0 Å². The van der Waals surface area contributed by atoms with Crippen LogP contribution in [-0.4, -0.2) is 36.2 Å². The zero-order chi connectivity index (χ0) is 20.8. The van der Waals surface area contributed by atoms with Gasteiger partial charge in [-0.25, -0.2) is 4.79 Å². The van der Waals surface area contributed by atoms with E-state index >= 15 is 0 Å². The molecule has 7 nitrogen and oxygen atoms in total. The summed E-state index contributed by atoms with van der Waals surface area (Å²) in [6, 6.07) is 11.9. The molecular weight excluding hydrogens is 392 g/mol. The number of carbonyl (C=O) groups is 3. The summed E-state index contributed by atoms with van der Waals surface area (Å²) in [5.74, 6) is 0.223. The lowest BCUT2D eigenvalue weighted by Gasteiger charge is -2.15. The number of amides is 2. The van der Waals surface area contributed by atoms with Crippen molar-refractivity contribution in [3.8, 4) is 5.75 Å². The van der Waals surface area contributed by atoms with Gasteiger partial charge in [-0.1, -0.05) is 0 Å². The smallest absolute Gasteiger partial charge is 0.338 e. The minimum absolute atomic E-state index is 0.0927. The zero-order valence-corrected chi connectivity index (χ0v) is 17.0. The molecule has 152 valence electrons. The van der Waals surface area contributed by atoms with Gasteiger partial charge in [0.05, 0.1) is 17.9 Å². The van der Waals surface area contributed by atoms with E-state index in [-0.39, 0.29) is 11.5 Å². The SMILES string of the molecule is CCOc1ccc(NC(=O)[C@H](C)OC(=O)c2ccc3c(c2)NC(=O)CCS3)cc1. The molecule has 2 aromatic carbocycles. The highest BCUT2D eigenvalue weighted by Gasteiger charge is 2.21. The normalized spacial score (nSPS) is 14.1. The second-order valence-electron chi connectivity index (χ2n) is 6.35. The number of hydrogen-bond donors (Lipinski definition) is 2. The van der Waals surface area contributed by atoms with Crippen molar-refractivity contribution in [2.45, 2.75) is 31.3 Å². The molecule has 0 aromatic heterocycles. The summed E-state index contributed by atoms with van der Waals surface area (Å²) in [6.07, 6.45) is -0.571. The number of anilines is 2. The van der Waals surface area contributed by atoms with Gasteiger partial charge >= 0.3 is 5.97 Å². The van der Waals surface area contributed by atoms with Crippen LogP contribution in [0.3, 0.4) is 0 Å². The van der Waals surface area contributed by atoms with E-state index in [1.165, 1.54) is 6.92 Å². The number of thioether (sulfide) groups is 1. The molecule has 1 aliphatic heterocycles. The van der Waals surface area contributed by atoms with Crippen LogP contribution >= 0.6 is 11.8 Å². The van der Waals surface area contributed by atoms with Crippen molar-refractivity contribution < 1.29 is 23.9 Å². The number of esters is 1. The van der Waals surface area contributed by atoms with Crippen LogP contribution in [0.15, 0.2) is 47.4 Å². The third kappa shape index (κ3) is 5.51. The summed E-state index contributed by atoms with van der Waals surface area (Å²) in [4.78, 5) is 37.4. The number of hydrogen-bond acceptors (Lipinski definition) is 6. The maximum absolute atomic E-state index is 12.4. The molecule has 0 fully saturated rings. The van der Waals surface area contributed by atoms with E-state index in [1.807, 2.05) is 6.92 Å². The van der Waals surface area contributed by atoms with Gasteiger partial charge in [0, 0.05) is 22.8 Å². The second-order valence-corrected chi connectivity index (χ2v) is 7.49. The average Bonchev–Trinajstić information content (AvgIpc) is 2.89. The number of nitrogens with one attached hydrogen (secondary N) is 2. The molecule has 3 rings (SSSR count). The second kappa shape index (κ2) is 9.47. The van der Waals surface area contributed by atoms with Crippen molar-refractivity contribution in [3.05, 3.63) is 48.0 Å². The van der Waals surface area contributed by atoms with Gasteiger partial charge in [0.15, 0.2) is 6.10 Å². The first kappa shape index (κ1) is 20.7. The summed E-state index contributed by atoms with van der Waals surface area (Å²) in [7, 11) is 0. The summed E-state index contributed by atoms with van der Waals surface area (Å²) in [5, 5.41) is 5.48. The van der Waals surface area contributed by atoms with Crippen molar-refractivity contribution in [1.82, 2.24) is 0 Å². The molecule has 0 unspecified atom stereocenters. The number of benzene rings is 2. The Labute approximate surface area is 173 Å². The molecule has 0 radical (unpaired) electrons. The van der Waals surface area contributed by atoms with Gasteiger partial charge in [-0.15, -0.1) is 11.8 Å². The Kier molecular flexibility index (Phi) is 6.77. The maximum atomic E-state index is 12.4. The monoisotopic (exact) mass is 414 g/mol. The molecule has 2 aromatic rings. The van der Waals surface area contributed by atoms with Crippen molar-refractivity contribution in [3.63, 3.8) is 0 Å². The Morgan fingerprint density at radius 3 is 2.69 bits per heavy atom. The molecule has 2 N–H and O–H groups in total. The quantitative estimate of drug-likeness (QED) is 0.700. The third-order valence-corrected chi connectivity index (χ3v) is 5.24. The molecule has 8 heteroatoms. The fourth-order valence-corrected chi connectivity index (χ4v) is 3.61. The van der Waals surface area contributed by atoms with Gasteiger partial charge in [-0.2, -0.15) is 0 Å². The highest BCUT2D eigenvalue weighted by Crippen LogP contribution is 2.31. The van der Waals surface area contributed by atoms with Crippen LogP contribution in [0.2, 0.25) is 0 Å². The largest absolute Gasteiger partial charge is 0.494 e. The van der Waals surface area contributed by atoms with Crippen LogP contribution in [0.5, 0.6) is 5.75 Å². The fraction of sp³-hybridized carbons (Fsp3) is 0.286. The van der Waals surface area contributed by atoms with E-state index in [9.17, 15) is 14.4 Å². The third-order valence-electron chi connectivity index (χ3n) is 4.16. The van der Waals surface area contributed by atoms with E-state index in [4.69, 9.17) is 9.47 Å². The van der Waals surface area contributed by atoms with Gasteiger partial charge in [0.2, 0.25) is 5.91 Å². The predicted octanol–water partition coefficient (Wildman–Crippen LogP) is 3.70. The Morgan fingerprint density at radius 2 is 1.97 bits per heavy atom. The van der Waals surface area contributed by atoms with Crippen LogP contribution in [0.4, 0.5) is 11.4 Å². The zero-order valence-electron chi connectivity index (χ0n) is 16.2. The van der Waals surface area contributed by atoms with E-state index < -0.39 is 18.0 Å². The number of rotatable bonds is 6. The molecule has 0 spiro atoms. The highest BCUT2D eigenvalue weighted by molar-refractivity contribution is 7.99. The molecule has 1 atom stereocenters. The molecule has 1 heterocycles. The topological polar surface area (TPSA) is 93.7 Å². The minimum atomic E-state index is -0.989. The first-order chi connectivity index (χ1) is 14.0. The summed E-state index contributed by atoms with van der Waals surface area (Å²) < 4.78 is 10.6. The van der Waals surface area contributed by atoms with Crippen LogP contribution in [0.25, 0.3) is 0 Å². The molecule has 0 saturated heterocycles. The van der Waals surface area contributed by atoms with E-state index in [1.54, 1.807) is 54.2 Å². The molecule has 0 saturated carbocycles. The van der Waals surface area contributed by atoms with Crippen molar-refractivity contribution in [1.29, 1.82) is 0 Å². The van der Waals surface area contributed by atoms with Crippen LogP contribution < -0.4 is 15.4 Å². The van der Waals surface area contributed by atoms with E-state index in [0.29, 0.717) is 35.9 Å². The van der Waals surface area contributed by atoms with Gasteiger partial charge in [-0.3, -0.25) is 9.59 Å². The molecular formula is C21H22N2O5S. The predicted molar refractivity (Wildman–Crippen MR) is 112 cm³/mol. The van der Waals surface area contributed by atoms with E-state index in [0.717, 1.165) is 4.90 Å². The fourth-order valence-electron chi connectivity index (χ4n) is 2.67. The van der Waals surface area contributed by atoms with Crippen molar-refractivity contribution in [2.75, 3.05) is 23.0 Å². The number of carbonyl (C=O) groups excluding carboxylic acids is 3. The molecule has 2 amide bonds. The first-order valence-electron chi connectivity index (χ1n) is 9.27. The highest BCUT2D eigenvalue weighted by atomic mass is 32.2. The lowest BCUT2D eigenvalue weighted by Crippen LogP contribution is -2.30. The Hall–Kier alpha value is -3.00. The van der Waals surface area contributed by atoms with Crippen LogP contribution in [0.1, 0.15) is 30.6 Å². The van der Waals surface area contributed by atoms with Gasteiger partial charge in [0.1, 0.15) is 5.75 Å². The van der Waals surface area contributed by atoms with Gasteiger partial charge in [-0.05, 0) is 56.3 Å². The number of ether oxygens (including phenoxy) is 2. The van der Waals surface area contributed by atoms with Crippen LogP contribution in [-0.2, 0) is 14.3 Å². The van der Waals surface area contributed by atoms with Crippen LogP contribution in [0, 0.1) is 0 Å². The Bertz CT molecular complexity index is 914. The van der Waals surface area contributed by atoms with Crippen molar-refractivity contribution >= 4 is 40.9 Å². The number of fused-ring (bicyclic) bond motifs is 1. The van der Waals surface area contributed by atoms with Gasteiger partial charge in [0.25, 0.3) is 5.91 Å². The minimum Gasteiger partial charge on any atom is -0.494 e. The molecule has 1 aliphatic rings. The van der Waals surface area contributed by atoms with E-state index in [2.05, 4.69) is 10.6 Å². The Balaban J connectivity index is 1.61. The Morgan fingerprint density at radius 1 is 1.21 bits per heavy atom. The molecule has 0 aliphatic carbocycles. The molecule has 0 bridgehead atoms. The summed E-state index contributed by atoms with van der Waals surface area (Å²) in [5.41, 5.74) is 1.43. The summed E-state index contributed by atoms with van der Waals surface area (Å²) >= 11 is 1.55.